The van der Waals surface area contributed by atoms with Crippen LogP contribution in [0.4, 0.5) is 0 Å². The zero-order valence-electron chi connectivity index (χ0n) is 10.3. The van der Waals surface area contributed by atoms with Gasteiger partial charge in [0, 0.05) is 11.6 Å². The van der Waals surface area contributed by atoms with Gasteiger partial charge in [-0.1, -0.05) is 12.8 Å². The van der Waals surface area contributed by atoms with Gasteiger partial charge in [0.15, 0.2) is 0 Å². The summed E-state index contributed by atoms with van der Waals surface area (Å²) in [5.74, 6) is 0. The molecule has 2 unspecified atom stereocenters. The maximum absolute atomic E-state index is 9.38. The summed E-state index contributed by atoms with van der Waals surface area (Å²) >= 11 is 0. The Balaban J connectivity index is 1.92. The van der Waals surface area contributed by atoms with E-state index in [1.165, 1.54) is 51.6 Å². The first-order chi connectivity index (χ1) is 7.73. The van der Waals surface area contributed by atoms with Crippen LogP contribution in [0.1, 0.15) is 51.4 Å². The molecule has 2 atom stereocenters. The number of aliphatic hydroxyl groups is 1. The molecule has 1 aliphatic heterocycles. The van der Waals surface area contributed by atoms with E-state index in [4.69, 9.17) is 5.73 Å². The molecule has 3 nitrogen and oxygen atoms in total. The minimum atomic E-state index is -0.296. The lowest BCUT2D eigenvalue weighted by Gasteiger charge is -2.41. The molecule has 2 fully saturated rings. The summed E-state index contributed by atoms with van der Waals surface area (Å²) < 4.78 is 0. The van der Waals surface area contributed by atoms with Crippen LogP contribution >= 0.6 is 0 Å². The largest absolute Gasteiger partial charge is 0.394 e. The van der Waals surface area contributed by atoms with E-state index in [-0.39, 0.29) is 12.1 Å². The molecule has 1 saturated carbocycles. The van der Waals surface area contributed by atoms with Crippen LogP contribution < -0.4 is 5.73 Å². The normalized spacial score (nSPS) is 38.2. The zero-order valence-corrected chi connectivity index (χ0v) is 10.3. The van der Waals surface area contributed by atoms with E-state index in [1.54, 1.807) is 0 Å². The first kappa shape index (κ1) is 12.3. The van der Waals surface area contributed by atoms with Crippen LogP contribution in [0.3, 0.4) is 0 Å². The number of hydrogen-bond donors (Lipinski definition) is 2. The first-order valence-corrected chi connectivity index (χ1v) is 6.87. The van der Waals surface area contributed by atoms with Crippen LogP contribution in [0.25, 0.3) is 0 Å². The summed E-state index contributed by atoms with van der Waals surface area (Å²) in [7, 11) is 0. The van der Waals surface area contributed by atoms with Crippen molar-refractivity contribution in [1.29, 1.82) is 0 Å². The van der Waals surface area contributed by atoms with E-state index >= 15 is 0 Å². The molecular formula is C13H26N2O. The highest BCUT2D eigenvalue weighted by Gasteiger charge is 2.34. The lowest BCUT2D eigenvalue weighted by Crippen LogP contribution is -2.53. The summed E-state index contributed by atoms with van der Waals surface area (Å²) in [6, 6.07) is 0.629. The predicted molar refractivity (Wildman–Crippen MR) is 66.3 cm³/mol. The Kier molecular flexibility index (Phi) is 4.22. The quantitative estimate of drug-likeness (QED) is 0.750. The van der Waals surface area contributed by atoms with Gasteiger partial charge in [-0.25, -0.2) is 0 Å². The van der Waals surface area contributed by atoms with Gasteiger partial charge in [-0.2, -0.15) is 0 Å². The van der Waals surface area contributed by atoms with Crippen molar-refractivity contribution in [3.8, 4) is 0 Å². The van der Waals surface area contributed by atoms with Crippen LogP contribution in [0.5, 0.6) is 0 Å². The molecule has 16 heavy (non-hydrogen) atoms. The lowest BCUT2D eigenvalue weighted by molar-refractivity contribution is 0.0829. The Labute approximate surface area is 99.0 Å². The Hall–Kier alpha value is -0.120. The minimum absolute atomic E-state index is 0.150. The van der Waals surface area contributed by atoms with Crippen molar-refractivity contribution < 1.29 is 5.11 Å². The molecular weight excluding hydrogens is 200 g/mol. The Bertz CT molecular complexity index is 214. The number of aliphatic hydroxyl groups excluding tert-OH is 1. The van der Waals surface area contributed by atoms with Crippen LogP contribution in [-0.2, 0) is 0 Å². The van der Waals surface area contributed by atoms with Gasteiger partial charge in [0.05, 0.1) is 6.61 Å². The summed E-state index contributed by atoms with van der Waals surface area (Å²) in [6.45, 7) is 2.63. The van der Waals surface area contributed by atoms with Gasteiger partial charge in [-0.3, -0.25) is 0 Å². The van der Waals surface area contributed by atoms with Crippen molar-refractivity contribution in [3.63, 3.8) is 0 Å². The van der Waals surface area contributed by atoms with Gasteiger partial charge in [-0.05, 0) is 51.6 Å². The smallest absolute Gasteiger partial charge is 0.0611 e. The van der Waals surface area contributed by atoms with E-state index < -0.39 is 0 Å². The fourth-order valence-corrected chi connectivity index (χ4v) is 3.28. The van der Waals surface area contributed by atoms with E-state index in [9.17, 15) is 5.11 Å². The van der Waals surface area contributed by atoms with Crippen LogP contribution in [-0.4, -0.2) is 41.3 Å². The van der Waals surface area contributed by atoms with Crippen molar-refractivity contribution in [2.75, 3.05) is 19.7 Å². The molecule has 1 aliphatic carbocycles. The molecule has 0 aromatic heterocycles. The number of nitrogens with two attached hydrogens (primary N) is 1. The molecule has 94 valence electrons. The Morgan fingerprint density at radius 3 is 2.44 bits per heavy atom. The maximum atomic E-state index is 9.38. The maximum Gasteiger partial charge on any atom is 0.0611 e. The molecule has 3 heteroatoms. The molecule has 2 rings (SSSR count). The fraction of sp³-hybridized carbons (Fsp3) is 1.00. The topological polar surface area (TPSA) is 49.5 Å². The highest BCUT2D eigenvalue weighted by Crippen LogP contribution is 2.30. The number of nitrogens with zero attached hydrogens (tertiary/aromatic N) is 1. The van der Waals surface area contributed by atoms with Crippen molar-refractivity contribution in [2.24, 2.45) is 5.73 Å². The van der Waals surface area contributed by atoms with Gasteiger partial charge < -0.3 is 15.7 Å². The average molecular weight is 226 g/mol. The lowest BCUT2D eigenvalue weighted by atomic mass is 9.79. The average Bonchev–Trinajstić information content (AvgIpc) is 2.58. The van der Waals surface area contributed by atoms with Gasteiger partial charge in [0.25, 0.3) is 0 Å². The Morgan fingerprint density at radius 2 is 1.81 bits per heavy atom. The van der Waals surface area contributed by atoms with E-state index in [1.807, 2.05) is 0 Å². The third-order valence-electron chi connectivity index (χ3n) is 4.33. The molecule has 0 bridgehead atoms. The number of hydrogen-bond acceptors (Lipinski definition) is 3. The molecule has 0 aromatic carbocycles. The molecule has 1 heterocycles. The molecule has 0 aromatic rings. The molecule has 1 saturated heterocycles. The standard InChI is InChI=1S/C13H26N2O/c14-13(11-16)7-5-6-12(10-13)15-8-3-1-2-4-9-15/h12,16H,1-11,14H2. The predicted octanol–water partition coefficient (Wildman–Crippen LogP) is 1.49. The fourth-order valence-electron chi connectivity index (χ4n) is 3.28. The zero-order chi connectivity index (χ0) is 11.4. The summed E-state index contributed by atoms with van der Waals surface area (Å²) in [5.41, 5.74) is 5.92. The van der Waals surface area contributed by atoms with E-state index in [2.05, 4.69) is 4.90 Å². The molecule has 0 spiro atoms. The van der Waals surface area contributed by atoms with Crippen LogP contribution in [0, 0.1) is 0 Å². The summed E-state index contributed by atoms with van der Waals surface area (Å²) in [4.78, 5) is 2.63. The summed E-state index contributed by atoms with van der Waals surface area (Å²) in [6.07, 6.45) is 9.89. The molecule has 0 radical (unpaired) electrons. The van der Waals surface area contributed by atoms with Crippen molar-refractivity contribution in [3.05, 3.63) is 0 Å². The second-order valence-electron chi connectivity index (χ2n) is 5.72. The van der Waals surface area contributed by atoms with Gasteiger partial charge in [0.2, 0.25) is 0 Å². The first-order valence-electron chi connectivity index (χ1n) is 6.87. The van der Waals surface area contributed by atoms with Crippen LogP contribution in [0.2, 0.25) is 0 Å². The highest BCUT2D eigenvalue weighted by atomic mass is 16.3. The molecule has 0 amide bonds. The van der Waals surface area contributed by atoms with E-state index in [0.29, 0.717) is 6.04 Å². The van der Waals surface area contributed by atoms with Crippen molar-refractivity contribution in [2.45, 2.75) is 62.9 Å². The van der Waals surface area contributed by atoms with Gasteiger partial charge in [-0.15, -0.1) is 0 Å². The summed E-state index contributed by atoms with van der Waals surface area (Å²) in [5, 5.41) is 9.38. The third kappa shape index (κ3) is 2.96. The second kappa shape index (κ2) is 5.48. The third-order valence-corrected chi connectivity index (χ3v) is 4.33. The van der Waals surface area contributed by atoms with Crippen LogP contribution in [0.15, 0.2) is 0 Å². The van der Waals surface area contributed by atoms with Crippen molar-refractivity contribution in [1.82, 2.24) is 4.90 Å². The van der Waals surface area contributed by atoms with Gasteiger partial charge in [0.1, 0.15) is 0 Å². The molecule has 3 N–H and O–H groups in total. The minimum Gasteiger partial charge on any atom is -0.394 e. The number of rotatable bonds is 2. The van der Waals surface area contributed by atoms with Gasteiger partial charge >= 0.3 is 0 Å². The second-order valence-corrected chi connectivity index (χ2v) is 5.72. The SMILES string of the molecule is NC1(CO)CCCC(N2CCCCCC2)C1. The highest BCUT2D eigenvalue weighted by molar-refractivity contribution is 4.94. The van der Waals surface area contributed by atoms with Crippen molar-refractivity contribution >= 4 is 0 Å². The monoisotopic (exact) mass is 226 g/mol. The Morgan fingerprint density at radius 1 is 1.12 bits per heavy atom. The van der Waals surface area contributed by atoms with E-state index in [0.717, 1.165) is 12.8 Å². The number of likely N-dealkylation sites (tertiary alicyclic amines) is 1. The molecule has 2 aliphatic rings.